The van der Waals surface area contributed by atoms with Gasteiger partial charge in [-0.05, 0) is 33.9 Å². The van der Waals surface area contributed by atoms with Gasteiger partial charge in [-0.25, -0.2) is 4.79 Å². The van der Waals surface area contributed by atoms with Gasteiger partial charge in [-0.3, -0.25) is 4.79 Å². The van der Waals surface area contributed by atoms with Gasteiger partial charge in [0, 0.05) is 19.1 Å². The van der Waals surface area contributed by atoms with Gasteiger partial charge in [0.15, 0.2) is 0 Å². The quantitative estimate of drug-likeness (QED) is 0.588. The molecule has 0 fully saturated rings. The van der Waals surface area contributed by atoms with Crippen molar-refractivity contribution in [2.45, 2.75) is 39.2 Å². The van der Waals surface area contributed by atoms with Crippen LogP contribution in [0.15, 0.2) is 0 Å². The highest BCUT2D eigenvalue weighted by atomic mass is 16.4. The number of hydrogen-bond donors (Lipinski definition) is 3. The minimum Gasteiger partial charge on any atom is -0.481 e. The molecule has 0 aliphatic carbocycles. The smallest absolute Gasteiger partial charge is 0.315 e. The number of urea groups is 1. The predicted octanol–water partition coefficient (Wildman–Crippen LogP) is 1.13. The monoisotopic (exact) mass is 273 g/mol. The van der Waals surface area contributed by atoms with Crippen LogP contribution in [0.2, 0.25) is 0 Å². The van der Waals surface area contributed by atoms with Crippen LogP contribution < -0.4 is 10.6 Å². The van der Waals surface area contributed by atoms with Crippen LogP contribution in [0.5, 0.6) is 0 Å². The first-order valence-electron chi connectivity index (χ1n) is 6.74. The number of carboxylic acid groups (broad SMARTS) is 1. The highest BCUT2D eigenvalue weighted by Gasteiger charge is 2.12. The summed E-state index contributed by atoms with van der Waals surface area (Å²) in [6, 6.07) is -0.110. The molecule has 0 aromatic rings. The van der Waals surface area contributed by atoms with Crippen molar-refractivity contribution in [3.63, 3.8) is 0 Å². The molecular formula is C13H27N3O3. The first-order valence-corrected chi connectivity index (χ1v) is 6.74. The summed E-state index contributed by atoms with van der Waals surface area (Å²) in [6.45, 7) is 5.05. The molecule has 0 aromatic carbocycles. The van der Waals surface area contributed by atoms with Crippen LogP contribution in [0, 0.1) is 5.92 Å². The van der Waals surface area contributed by atoms with Crippen molar-refractivity contribution in [1.82, 2.24) is 15.5 Å². The second-order valence-electron chi connectivity index (χ2n) is 5.27. The number of aliphatic carboxylic acids is 1. The topological polar surface area (TPSA) is 81.7 Å². The highest BCUT2D eigenvalue weighted by molar-refractivity contribution is 5.74. The number of hydrogen-bond acceptors (Lipinski definition) is 3. The van der Waals surface area contributed by atoms with E-state index >= 15 is 0 Å². The molecule has 0 radical (unpaired) electrons. The van der Waals surface area contributed by atoms with Crippen LogP contribution in [0.3, 0.4) is 0 Å². The number of rotatable bonds is 9. The fourth-order valence-electron chi connectivity index (χ4n) is 1.59. The largest absolute Gasteiger partial charge is 0.481 e. The standard InChI is InChI=1S/C13H27N3O3/c1-10(12(17)18)6-5-7-11(2)15-13(19)14-8-9-16(3)4/h10-11H,5-9H2,1-4H3,(H,17,18)(H2,14,15,19). The predicted molar refractivity (Wildman–Crippen MR) is 75.2 cm³/mol. The molecule has 0 aromatic heterocycles. The van der Waals surface area contributed by atoms with Crippen molar-refractivity contribution < 1.29 is 14.7 Å². The van der Waals surface area contributed by atoms with Crippen molar-refractivity contribution in [3.05, 3.63) is 0 Å². The molecule has 112 valence electrons. The van der Waals surface area contributed by atoms with Gasteiger partial charge in [-0.15, -0.1) is 0 Å². The van der Waals surface area contributed by atoms with Crippen LogP contribution in [-0.2, 0) is 4.79 Å². The fourth-order valence-corrected chi connectivity index (χ4v) is 1.59. The Bertz CT molecular complexity index is 282. The number of carbonyl (C=O) groups is 2. The molecule has 6 nitrogen and oxygen atoms in total. The summed E-state index contributed by atoms with van der Waals surface area (Å²) in [4.78, 5) is 24.1. The summed E-state index contributed by atoms with van der Waals surface area (Å²) < 4.78 is 0. The lowest BCUT2D eigenvalue weighted by Gasteiger charge is -2.16. The molecular weight excluding hydrogens is 246 g/mol. The van der Waals surface area contributed by atoms with E-state index < -0.39 is 5.97 Å². The summed E-state index contributed by atoms with van der Waals surface area (Å²) >= 11 is 0. The molecule has 0 saturated carbocycles. The molecule has 0 aliphatic heterocycles. The van der Waals surface area contributed by atoms with E-state index in [1.807, 2.05) is 25.9 Å². The highest BCUT2D eigenvalue weighted by Crippen LogP contribution is 2.09. The fraction of sp³-hybridized carbons (Fsp3) is 0.846. The van der Waals surface area contributed by atoms with E-state index in [1.54, 1.807) is 6.92 Å². The van der Waals surface area contributed by atoms with Crippen LogP contribution >= 0.6 is 0 Å². The maximum Gasteiger partial charge on any atom is 0.315 e. The molecule has 0 spiro atoms. The average molecular weight is 273 g/mol. The molecule has 2 unspecified atom stereocenters. The van der Waals surface area contributed by atoms with E-state index in [2.05, 4.69) is 10.6 Å². The average Bonchev–Trinajstić information content (AvgIpc) is 2.27. The van der Waals surface area contributed by atoms with Crippen molar-refractivity contribution in [2.24, 2.45) is 5.92 Å². The number of likely N-dealkylation sites (N-methyl/N-ethyl adjacent to an activating group) is 1. The van der Waals surface area contributed by atoms with Gasteiger partial charge in [-0.1, -0.05) is 13.3 Å². The van der Waals surface area contributed by atoms with E-state index in [9.17, 15) is 9.59 Å². The zero-order valence-electron chi connectivity index (χ0n) is 12.4. The van der Waals surface area contributed by atoms with Gasteiger partial charge in [0.25, 0.3) is 0 Å². The third kappa shape index (κ3) is 10.3. The second-order valence-corrected chi connectivity index (χ2v) is 5.27. The molecule has 0 heterocycles. The third-order valence-electron chi connectivity index (χ3n) is 2.92. The zero-order chi connectivity index (χ0) is 14.8. The summed E-state index contributed by atoms with van der Waals surface area (Å²) in [5, 5.41) is 14.4. The molecule has 6 heteroatoms. The molecule has 2 amide bonds. The van der Waals surface area contributed by atoms with Crippen molar-refractivity contribution in [3.8, 4) is 0 Å². The number of carboxylic acids is 1. The van der Waals surface area contributed by atoms with Crippen molar-refractivity contribution in [1.29, 1.82) is 0 Å². The van der Waals surface area contributed by atoms with E-state index in [0.29, 0.717) is 13.0 Å². The molecule has 19 heavy (non-hydrogen) atoms. The second kappa shape index (κ2) is 9.61. The molecule has 2 atom stereocenters. The third-order valence-corrected chi connectivity index (χ3v) is 2.92. The number of amides is 2. The maximum absolute atomic E-state index is 11.5. The summed E-state index contributed by atoms with van der Waals surface area (Å²) in [5.74, 6) is -1.08. The summed E-state index contributed by atoms with van der Waals surface area (Å²) in [6.07, 6.45) is 2.23. The SMILES string of the molecule is CC(CCCC(C)C(=O)O)NC(=O)NCCN(C)C. The lowest BCUT2D eigenvalue weighted by atomic mass is 10.0. The van der Waals surface area contributed by atoms with Crippen LogP contribution in [0.1, 0.15) is 33.1 Å². The molecule has 3 N–H and O–H groups in total. The van der Waals surface area contributed by atoms with Crippen LogP contribution in [-0.4, -0.2) is 55.2 Å². The molecule has 0 saturated heterocycles. The summed E-state index contributed by atoms with van der Waals surface area (Å²) in [7, 11) is 3.90. The van der Waals surface area contributed by atoms with E-state index in [-0.39, 0.29) is 18.0 Å². The molecule has 0 aliphatic rings. The van der Waals surface area contributed by atoms with Crippen LogP contribution in [0.25, 0.3) is 0 Å². The molecule has 0 bridgehead atoms. The Balaban J connectivity index is 3.65. The first-order chi connectivity index (χ1) is 8.82. The normalized spacial score (nSPS) is 13.9. The Morgan fingerprint density at radius 3 is 2.37 bits per heavy atom. The summed E-state index contributed by atoms with van der Waals surface area (Å²) in [5.41, 5.74) is 0. The Labute approximate surface area is 115 Å². The first kappa shape index (κ1) is 17.7. The van der Waals surface area contributed by atoms with Gasteiger partial charge in [0.05, 0.1) is 5.92 Å². The number of nitrogens with one attached hydrogen (secondary N) is 2. The Morgan fingerprint density at radius 2 is 1.84 bits per heavy atom. The zero-order valence-corrected chi connectivity index (χ0v) is 12.4. The van der Waals surface area contributed by atoms with E-state index in [1.165, 1.54) is 0 Å². The van der Waals surface area contributed by atoms with Gasteiger partial charge < -0.3 is 20.6 Å². The number of carbonyl (C=O) groups excluding carboxylic acids is 1. The minimum atomic E-state index is -0.762. The van der Waals surface area contributed by atoms with E-state index in [4.69, 9.17) is 5.11 Å². The lowest BCUT2D eigenvalue weighted by Crippen LogP contribution is -2.42. The van der Waals surface area contributed by atoms with E-state index in [0.717, 1.165) is 19.4 Å². The Morgan fingerprint density at radius 1 is 1.21 bits per heavy atom. The van der Waals surface area contributed by atoms with Crippen molar-refractivity contribution >= 4 is 12.0 Å². The lowest BCUT2D eigenvalue weighted by molar-refractivity contribution is -0.141. The molecule has 0 rings (SSSR count). The van der Waals surface area contributed by atoms with Crippen LogP contribution in [0.4, 0.5) is 4.79 Å². The van der Waals surface area contributed by atoms with Crippen molar-refractivity contribution in [2.75, 3.05) is 27.2 Å². The minimum absolute atomic E-state index is 0.0559. The Hall–Kier alpha value is -1.30. The Kier molecular flexibility index (Phi) is 8.95. The maximum atomic E-state index is 11.5. The number of nitrogens with zero attached hydrogens (tertiary/aromatic N) is 1. The van der Waals surface area contributed by atoms with Gasteiger partial charge >= 0.3 is 12.0 Å². The van der Waals surface area contributed by atoms with Gasteiger partial charge in [-0.2, -0.15) is 0 Å². The van der Waals surface area contributed by atoms with Gasteiger partial charge in [0.1, 0.15) is 0 Å². The van der Waals surface area contributed by atoms with Gasteiger partial charge in [0.2, 0.25) is 0 Å².